The van der Waals surface area contributed by atoms with E-state index in [4.69, 9.17) is 9.68 Å². The number of thioether (sulfide) groups is 1. The number of carbonyl (C=O) groups excluding carboxylic acids is 1. The molecule has 0 saturated heterocycles. The molecule has 2 aromatic rings. The van der Waals surface area contributed by atoms with Crippen molar-refractivity contribution >= 4 is 17.7 Å². The van der Waals surface area contributed by atoms with Gasteiger partial charge in [0.1, 0.15) is 5.82 Å². The second kappa shape index (κ2) is 7.74. The fraction of sp³-hybridized carbons (Fsp3) is 0.333. The van der Waals surface area contributed by atoms with Crippen LogP contribution in [0.3, 0.4) is 0 Å². The molecule has 8 heteroatoms. The van der Waals surface area contributed by atoms with Crippen molar-refractivity contribution < 1.29 is 13.6 Å². The molecule has 23 heavy (non-hydrogen) atoms. The Kier molecular flexibility index (Phi) is 5.71. The minimum absolute atomic E-state index is 0.0723. The standard InChI is InChI=1S/C15H15FN4O2S/c1-10(14(21)20(2)9-5-8-17)23-15-19-18-13(22-15)11-6-3-4-7-12(11)16/h3-4,6-7,10H,5,9H2,1-2H3/t10-/m1/s1. The summed E-state index contributed by atoms with van der Waals surface area (Å²) in [6, 6.07) is 8.09. The number of carbonyl (C=O) groups is 1. The first-order valence-corrected chi connectivity index (χ1v) is 7.78. The van der Waals surface area contributed by atoms with Gasteiger partial charge in [-0.2, -0.15) is 5.26 Å². The lowest BCUT2D eigenvalue weighted by Crippen LogP contribution is -2.33. The number of rotatable bonds is 6. The molecule has 120 valence electrons. The third-order valence-electron chi connectivity index (χ3n) is 3.07. The lowest BCUT2D eigenvalue weighted by molar-refractivity contribution is -0.128. The van der Waals surface area contributed by atoms with E-state index in [1.165, 1.54) is 11.0 Å². The number of hydrogen-bond acceptors (Lipinski definition) is 6. The normalized spacial score (nSPS) is 11.7. The Labute approximate surface area is 137 Å². The molecule has 6 nitrogen and oxygen atoms in total. The third-order valence-corrected chi connectivity index (χ3v) is 3.99. The number of nitrogens with zero attached hydrogens (tertiary/aromatic N) is 4. The number of halogens is 1. The Balaban J connectivity index is 2.03. The van der Waals surface area contributed by atoms with Gasteiger partial charge < -0.3 is 9.32 Å². The molecular weight excluding hydrogens is 319 g/mol. The fourth-order valence-electron chi connectivity index (χ4n) is 1.84. The molecule has 1 heterocycles. The zero-order valence-electron chi connectivity index (χ0n) is 12.7. The quantitative estimate of drug-likeness (QED) is 0.755. The molecule has 1 aromatic carbocycles. The van der Waals surface area contributed by atoms with E-state index >= 15 is 0 Å². The molecule has 0 saturated carbocycles. The number of hydrogen-bond donors (Lipinski definition) is 0. The van der Waals surface area contributed by atoms with Gasteiger partial charge in [-0.05, 0) is 19.1 Å². The van der Waals surface area contributed by atoms with E-state index in [-0.39, 0.29) is 29.0 Å². The van der Waals surface area contributed by atoms with Crippen LogP contribution >= 0.6 is 11.8 Å². The predicted molar refractivity (Wildman–Crippen MR) is 82.9 cm³/mol. The van der Waals surface area contributed by atoms with E-state index in [0.717, 1.165) is 11.8 Å². The first kappa shape index (κ1) is 17.0. The predicted octanol–water partition coefficient (Wildman–Crippen LogP) is 2.73. The lowest BCUT2D eigenvalue weighted by Gasteiger charge is -2.18. The largest absolute Gasteiger partial charge is 0.411 e. The highest BCUT2D eigenvalue weighted by atomic mass is 32.2. The van der Waals surface area contributed by atoms with Gasteiger partial charge in [-0.15, -0.1) is 10.2 Å². The molecule has 2 rings (SSSR count). The van der Waals surface area contributed by atoms with Crippen molar-refractivity contribution in [3.05, 3.63) is 30.1 Å². The summed E-state index contributed by atoms with van der Waals surface area (Å²) >= 11 is 1.10. The van der Waals surface area contributed by atoms with Gasteiger partial charge in [-0.25, -0.2) is 4.39 Å². The molecule has 0 aliphatic rings. The number of nitriles is 1. The van der Waals surface area contributed by atoms with Crippen molar-refractivity contribution in [1.82, 2.24) is 15.1 Å². The Morgan fingerprint density at radius 2 is 2.22 bits per heavy atom. The monoisotopic (exact) mass is 334 g/mol. The fourth-order valence-corrected chi connectivity index (χ4v) is 2.64. The van der Waals surface area contributed by atoms with E-state index in [1.54, 1.807) is 32.2 Å². The molecule has 0 bridgehead atoms. The molecule has 0 N–H and O–H groups in total. The number of benzene rings is 1. The van der Waals surface area contributed by atoms with Crippen molar-refractivity contribution in [2.24, 2.45) is 0 Å². The maximum atomic E-state index is 13.7. The summed E-state index contributed by atoms with van der Waals surface area (Å²) in [6.45, 7) is 2.08. The average molecular weight is 334 g/mol. The van der Waals surface area contributed by atoms with Crippen molar-refractivity contribution in [2.75, 3.05) is 13.6 Å². The highest BCUT2D eigenvalue weighted by molar-refractivity contribution is 8.00. The maximum Gasteiger partial charge on any atom is 0.277 e. The van der Waals surface area contributed by atoms with E-state index in [2.05, 4.69) is 10.2 Å². The second-order valence-electron chi connectivity index (χ2n) is 4.78. The van der Waals surface area contributed by atoms with Crippen molar-refractivity contribution in [3.8, 4) is 17.5 Å². The molecule has 1 amide bonds. The van der Waals surface area contributed by atoms with Gasteiger partial charge in [0.05, 0.1) is 23.3 Å². The summed E-state index contributed by atoms with van der Waals surface area (Å²) in [5.41, 5.74) is 0.219. The Morgan fingerprint density at radius 3 is 2.91 bits per heavy atom. The first-order valence-electron chi connectivity index (χ1n) is 6.90. The summed E-state index contributed by atoms with van der Waals surface area (Å²) in [5.74, 6) is -0.521. The van der Waals surface area contributed by atoms with Gasteiger partial charge in [0, 0.05) is 13.6 Å². The molecule has 0 aliphatic heterocycles. The van der Waals surface area contributed by atoms with E-state index < -0.39 is 11.1 Å². The molecule has 1 atom stereocenters. The molecule has 0 unspecified atom stereocenters. The highest BCUT2D eigenvalue weighted by Gasteiger charge is 2.22. The van der Waals surface area contributed by atoms with Crippen LogP contribution in [0.5, 0.6) is 0 Å². The summed E-state index contributed by atoms with van der Waals surface area (Å²) in [6.07, 6.45) is 0.275. The summed E-state index contributed by atoms with van der Waals surface area (Å²) in [5, 5.41) is 15.9. The summed E-state index contributed by atoms with van der Waals surface area (Å²) in [7, 11) is 1.63. The zero-order valence-corrected chi connectivity index (χ0v) is 13.5. The van der Waals surface area contributed by atoms with Gasteiger partial charge in [-0.1, -0.05) is 23.9 Å². The zero-order chi connectivity index (χ0) is 16.8. The first-order chi connectivity index (χ1) is 11.0. The Bertz CT molecular complexity index is 728. The van der Waals surface area contributed by atoms with Gasteiger partial charge in [0.2, 0.25) is 5.91 Å². The third kappa shape index (κ3) is 4.29. The van der Waals surface area contributed by atoms with E-state index in [1.807, 2.05) is 6.07 Å². The topological polar surface area (TPSA) is 83.0 Å². The molecule has 0 aliphatic carbocycles. The van der Waals surface area contributed by atoms with Crippen LogP contribution in [0.25, 0.3) is 11.5 Å². The Hall–Kier alpha value is -2.40. The van der Waals surface area contributed by atoms with Crippen LogP contribution in [0.2, 0.25) is 0 Å². The van der Waals surface area contributed by atoms with Crippen molar-refractivity contribution in [2.45, 2.75) is 23.8 Å². The van der Waals surface area contributed by atoms with Crippen LogP contribution in [0, 0.1) is 17.1 Å². The summed E-state index contributed by atoms with van der Waals surface area (Å²) < 4.78 is 19.1. The smallest absolute Gasteiger partial charge is 0.277 e. The van der Waals surface area contributed by atoms with Crippen LogP contribution in [-0.4, -0.2) is 39.8 Å². The highest BCUT2D eigenvalue weighted by Crippen LogP contribution is 2.27. The number of amides is 1. The van der Waals surface area contributed by atoms with Gasteiger partial charge in [0.15, 0.2) is 0 Å². The van der Waals surface area contributed by atoms with Crippen LogP contribution in [0.1, 0.15) is 13.3 Å². The minimum Gasteiger partial charge on any atom is -0.411 e. The van der Waals surface area contributed by atoms with E-state index in [9.17, 15) is 9.18 Å². The Morgan fingerprint density at radius 1 is 1.48 bits per heavy atom. The van der Waals surface area contributed by atoms with Crippen LogP contribution in [0.4, 0.5) is 4.39 Å². The molecule has 1 aromatic heterocycles. The number of aromatic nitrogens is 2. The second-order valence-corrected chi connectivity index (χ2v) is 6.07. The van der Waals surface area contributed by atoms with Crippen molar-refractivity contribution in [1.29, 1.82) is 5.26 Å². The van der Waals surface area contributed by atoms with Crippen LogP contribution in [-0.2, 0) is 4.79 Å². The summed E-state index contributed by atoms with van der Waals surface area (Å²) in [4.78, 5) is 13.6. The molecule has 0 radical (unpaired) electrons. The van der Waals surface area contributed by atoms with Crippen LogP contribution < -0.4 is 0 Å². The molecule has 0 fully saturated rings. The van der Waals surface area contributed by atoms with E-state index in [0.29, 0.717) is 6.54 Å². The minimum atomic E-state index is -0.451. The lowest BCUT2D eigenvalue weighted by atomic mass is 10.2. The van der Waals surface area contributed by atoms with Crippen molar-refractivity contribution in [3.63, 3.8) is 0 Å². The van der Waals surface area contributed by atoms with Gasteiger partial charge in [-0.3, -0.25) is 4.79 Å². The van der Waals surface area contributed by atoms with Gasteiger partial charge in [0.25, 0.3) is 11.1 Å². The average Bonchev–Trinajstić information content (AvgIpc) is 3.00. The van der Waals surface area contributed by atoms with Crippen LogP contribution in [0.15, 0.2) is 33.9 Å². The maximum absolute atomic E-state index is 13.7. The van der Waals surface area contributed by atoms with Gasteiger partial charge >= 0.3 is 0 Å². The molecular formula is C15H15FN4O2S. The molecule has 0 spiro atoms. The SMILES string of the molecule is C[C@@H](Sc1nnc(-c2ccccc2F)o1)C(=O)N(C)CCC#N.